The molecule has 0 bridgehead atoms. The van der Waals surface area contributed by atoms with Crippen molar-refractivity contribution >= 4 is 39.3 Å². The number of nitrogens with one attached hydrogen (secondary N) is 2. The van der Waals surface area contributed by atoms with Gasteiger partial charge in [0, 0.05) is 36.9 Å². The summed E-state index contributed by atoms with van der Waals surface area (Å²) in [5, 5.41) is 15.9. The average Bonchev–Trinajstić information content (AvgIpc) is 2.87. The number of fused-ring (bicyclic) bond motifs is 1. The lowest BCUT2D eigenvalue weighted by Crippen LogP contribution is -2.57. The van der Waals surface area contributed by atoms with Gasteiger partial charge >= 0.3 is 5.97 Å². The van der Waals surface area contributed by atoms with E-state index < -0.39 is 33.9 Å². The smallest absolute Gasteiger partial charge is 0.326 e. The van der Waals surface area contributed by atoms with Gasteiger partial charge in [0.1, 0.15) is 11.9 Å². The highest BCUT2D eigenvalue weighted by Gasteiger charge is 2.41. The first-order valence-corrected chi connectivity index (χ1v) is 15.2. The number of anilines is 1. The molecule has 12 heteroatoms. The second kappa shape index (κ2) is 13.1. The van der Waals surface area contributed by atoms with Gasteiger partial charge in [0.15, 0.2) is 0 Å². The molecule has 39 heavy (non-hydrogen) atoms. The molecule has 1 saturated heterocycles. The lowest BCUT2D eigenvalue weighted by Gasteiger charge is -2.37. The number of benzene rings is 1. The number of aliphatic carboxylic acids is 1. The Bertz CT molecular complexity index is 1290. The van der Waals surface area contributed by atoms with E-state index in [1.807, 2.05) is 7.05 Å². The number of rotatable bonds is 13. The summed E-state index contributed by atoms with van der Waals surface area (Å²) in [5.74, 6) is -1.14. The number of aromatic nitrogens is 1. The van der Waals surface area contributed by atoms with Crippen LogP contribution in [0.25, 0.3) is 0 Å². The van der Waals surface area contributed by atoms with E-state index in [9.17, 15) is 23.1 Å². The number of nitrogens with zero attached hydrogens (tertiary/aromatic N) is 3. The normalized spacial score (nSPS) is 16.7. The van der Waals surface area contributed by atoms with E-state index in [-0.39, 0.29) is 24.4 Å². The number of hydrogen-bond donors (Lipinski definition) is 3. The zero-order chi connectivity index (χ0) is 28.0. The summed E-state index contributed by atoms with van der Waals surface area (Å²) < 4.78 is 26.6. The molecule has 1 aromatic carbocycles. The average molecular weight is 578 g/mol. The molecule has 1 aromatic heterocycles. The number of sulfonamides is 1. The first-order valence-electron chi connectivity index (χ1n) is 13.3. The van der Waals surface area contributed by atoms with Crippen molar-refractivity contribution in [3.8, 4) is 0 Å². The number of aryl methyl sites for hydroxylation is 2. The maximum atomic E-state index is 12.7. The van der Waals surface area contributed by atoms with E-state index >= 15 is 0 Å². The summed E-state index contributed by atoms with van der Waals surface area (Å²) in [6.07, 6.45) is 5.29. The van der Waals surface area contributed by atoms with Crippen molar-refractivity contribution in [2.75, 3.05) is 45.1 Å². The molecule has 0 spiro atoms. The minimum atomic E-state index is -3.75. The number of amides is 1. The third-order valence-electron chi connectivity index (χ3n) is 7.24. The number of unbranched alkanes of at least 4 members (excludes halogenated alkanes) is 1. The molecule has 4 rings (SSSR count). The Morgan fingerprint density at radius 3 is 2.77 bits per heavy atom. The minimum absolute atomic E-state index is 0.00205. The first kappa shape index (κ1) is 29.3. The number of halogens is 1. The van der Waals surface area contributed by atoms with Gasteiger partial charge in [-0.2, -0.15) is 4.31 Å². The van der Waals surface area contributed by atoms with Crippen LogP contribution < -0.4 is 10.6 Å². The Labute approximate surface area is 234 Å². The van der Waals surface area contributed by atoms with Crippen LogP contribution in [0, 0.1) is 5.92 Å². The molecule has 2 aromatic rings. The van der Waals surface area contributed by atoms with Crippen molar-refractivity contribution in [2.45, 2.75) is 49.5 Å². The van der Waals surface area contributed by atoms with Gasteiger partial charge in [-0.25, -0.2) is 18.2 Å². The SMILES string of the molecule is CN(CCCCc1ccc2c(n1)NCCC2)CCC(NC(=O)C1CN(S(=O)(=O)c2cccc(Cl)c2)C1)C(=O)O. The Balaban J connectivity index is 1.16. The molecule has 3 heterocycles. The molecule has 1 fully saturated rings. The molecular weight excluding hydrogens is 542 g/mol. The molecule has 0 aliphatic carbocycles. The van der Waals surface area contributed by atoms with Gasteiger partial charge < -0.3 is 20.6 Å². The third-order valence-corrected chi connectivity index (χ3v) is 9.30. The number of carbonyl (C=O) groups is 2. The van der Waals surface area contributed by atoms with Gasteiger partial charge in [0.25, 0.3) is 0 Å². The number of carboxylic acids is 1. The summed E-state index contributed by atoms with van der Waals surface area (Å²) in [6.45, 7) is 2.29. The standard InChI is InChI=1S/C27H36ClN5O5S/c1-32(14-3-2-8-22-11-10-19-6-5-13-29-25(19)30-22)15-12-24(27(35)36)31-26(34)20-17-33(18-20)39(37,38)23-9-4-7-21(28)16-23/h4,7,9-11,16,20,24H,2-3,5-6,8,12-15,17-18H2,1H3,(H,29,30)(H,31,34)(H,35,36). The van der Waals surface area contributed by atoms with Gasteiger partial charge in [-0.15, -0.1) is 0 Å². The van der Waals surface area contributed by atoms with Gasteiger partial charge in [0.2, 0.25) is 15.9 Å². The minimum Gasteiger partial charge on any atom is -0.480 e. The van der Waals surface area contributed by atoms with Crippen molar-refractivity contribution in [2.24, 2.45) is 5.92 Å². The zero-order valence-electron chi connectivity index (χ0n) is 22.1. The van der Waals surface area contributed by atoms with E-state index in [1.54, 1.807) is 12.1 Å². The van der Waals surface area contributed by atoms with Crippen molar-refractivity contribution in [3.05, 3.63) is 52.7 Å². The van der Waals surface area contributed by atoms with Gasteiger partial charge in [-0.1, -0.05) is 23.7 Å². The van der Waals surface area contributed by atoms with Gasteiger partial charge in [-0.3, -0.25) is 4.79 Å². The molecule has 0 saturated carbocycles. The topological polar surface area (TPSA) is 132 Å². The summed E-state index contributed by atoms with van der Waals surface area (Å²) in [4.78, 5) is 31.3. The second-order valence-corrected chi connectivity index (χ2v) is 12.6. The monoisotopic (exact) mass is 577 g/mol. The van der Waals surface area contributed by atoms with Crippen LogP contribution in [0.1, 0.15) is 36.9 Å². The van der Waals surface area contributed by atoms with Crippen LogP contribution in [0.2, 0.25) is 5.02 Å². The molecule has 1 unspecified atom stereocenters. The maximum Gasteiger partial charge on any atom is 0.326 e. The number of hydrogen-bond acceptors (Lipinski definition) is 7. The molecule has 10 nitrogen and oxygen atoms in total. The van der Waals surface area contributed by atoms with Crippen LogP contribution >= 0.6 is 11.6 Å². The Morgan fingerprint density at radius 2 is 2.03 bits per heavy atom. The fourth-order valence-corrected chi connectivity index (χ4v) is 6.61. The highest BCUT2D eigenvalue weighted by molar-refractivity contribution is 7.89. The third kappa shape index (κ3) is 7.69. The zero-order valence-corrected chi connectivity index (χ0v) is 23.7. The molecule has 3 N–H and O–H groups in total. The molecular formula is C27H36ClN5O5S. The number of pyridine rings is 1. The van der Waals surface area contributed by atoms with Crippen LogP contribution in [0.4, 0.5) is 5.82 Å². The highest BCUT2D eigenvalue weighted by Crippen LogP contribution is 2.27. The predicted octanol–water partition coefficient (Wildman–Crippen LogP) is 2.63. The van der Waals surface area contributed by atoms with Crippen molar-refractivity contribution < 1.29 is 23.1 Å². The highest BCUT2D eigenvalue weighted by atomic mass is 35.5. The largest absolute Gasteiger partial charge is 0.480 e. The van der Waals surface area contributed by atoms with E-state index in [2.05, 4.69) is 27.7 Å². The summed E-state index contributed by atoms with van der Waals surface area (Å²) >= 11 is 5.91. The fraction of sp³-hybridized carbons (Fsp3) is 0.519. The van der Waals surface area contributed by atoms with Crippen LogP contribution in [-0.2, 0) is 32.5 Å². The van der Waals surface area contributed by atoms with E-state index in [0.717, 1.165) is 56.7 Å². The molecule has 1 atom stereocenters. The van der Waals surface area contributed by atoms with E-state index in [4.69, 9.17) is 16.6 Å². The maximum absolute atomic E-state index is 12.7. The van der Waals surface area contributed by atoms with Crippen molar-refractivity contribution in [1.82, 2.24) is 19.5 Å². The van der Waals surface area contributed by atoms with Crippen LogP contribution in [0.3, 0.4) is 0 Å². The van der Waals surface area contributed by atoms with Crippen LogP contribution in [0.15, 0.2) is 41.3 Å². The molecule has 2 aliphatic heterocycles. The molecule has 1 amide bonds. The number of carboxylic acid groups (broad SMARTS) is 1. The predicted molar refractivity (Wildman–Crippen MR) is 149 cm³/mol. The second-order valence-electron chi connectivity index (χ2n) is 10.3. The quantitative estimate of drug-likeness (QED) is 0.310. The summed E-state index contributed by atoms with van der Waals surface area (Å²) in [7, 11) is -1.82. The van der Waals surface area contributed by atoms with Gasteiger partial charge in [0.05, 0.1) is 10.8 Å². The molecule has 2 aliphatic rings. The van der Waals surface area contributed by atoms with Crippen molar-refractivity contribution in [1.29, 1.82) is 0 Å². The summed E-state index contributed by atoms with van der Waals surface area (Å²) in [5.41, 5.74) is 2.36. The Kier molecular flexibility index (Phi) is 9.81. The number of carbonyl (C=O) groups excluding carboxylic acids is 1. The summed E-state index contributed by atoms with van der Waals surface area (Å²) in [6, 6.07) is 9.18. The molecule has 212 valence electrons. The van der Waals surface area contributed by atoms with Crippen LogP contribution in [-0.4, -0.2) is 85.4 Å². The van der Waals surface area contributed by atoms with E-state index in [0.29, 0.717) is 11.6 Å². The lowest BCUT2D eigenvalue weighted by atomic mass is 10.0. The van der Waals surface area contributed by atoms with Crippen LogP contribution in [0.5, 0.6) is 0 Å². The van der Waals surface area contributed by atoms with Gasteiger partial charge in [-0.05, 0) is 81.9 Å². The first-order chi connectivity index (χ1) is 18.6. The Hall–Kier alpha value is -2.73. The van der Waals surface area contributed by atoms with Crippen molar-refractivity contribution in [3.63, 3.8) is 0 Å². The molecule has 0 radical (unpaired) electrons. The fourth-order valence-electron chi connectivity index (χ4n) is 4.78. The van der Waals surface area contributed by atoms with E-state index in [1.165, 1.54) is 22.0 Å². The Morgan fingerprint density at radius 1 is 1.23 bits per heavy atom. The lowest BCUT2D eigenvalue weighted by molar-refractivity contribution is -0.143.